The Hall–Kier alpha value is -3.42. The molecule has 0 saturated carbocycles. The number of amides is 2. The summed E-state index contributed by atoms with van der Waals surface area (Å²) in [6, 6.07) is 12.4. The van der Waals surface area contributed by atoms with Gasteiger partial charge in [0.05, 0.1) is 20.8 Å². The summed E-state index contributed by atoms with van der Waals surface area (Å²) in [6.45, 7) is 3.52. The van der Waals surface area contributed by atoms with E-state index in [1.54, 1.807) is 47.4 Å². The number of benzene rings is 2. The van der Waals surface area contributed by atoms with Gasteiger partial charge in [-0.15, -0.1) is 0 Å². The SMILES string of the molecule is CCOc1ccc(OCC(=O)NC2CCN(C(=O)c3c(OC)cccc3OC)CC2)cc1. The molecule has 2 aromatic carbocycles. The molecule has 0 atom stereocenters. The van der Waals surface area contributed by atoms with Gasteiger partial charge >= 0.3 is 0 Å². The van der Waals surface area contributed by atoms with Crippen LogP contribution in [-0.4, -0.2) is 63.3 Å². The van der Waals surface area contributed by atoms with E-state index in [2.05, 4.69) is 5.32 Å². The topological polar surface area (TPSA) is 86.3 Å². The lowest BCUT2D eigenvalue weighted by Crippen LogP contribution is -2.47. The van der Waals surface area contributed by atoms with Crippen LogP contribution in [0.4, 0.5) is 0 Å². The van der Waals surface area contributed by atoms with E-state index < -0.39 is 0 Å². The van der Waals surface area contributed by atoms with Crippen molar-refractivity contribution in [1.29, 1.82) is 0 Å². The molecule has 1 saturated heterocycles. The molecule has 2 amide bonds. The predicted molar refractivity (Wildman–Crippen MR) is 120 cm³/mol. The largest absolute Gasteiger partial charge is 0.496 e. The van der Waals surface area contributed by atoms with Crippen molar-refractivity contribution in [3.63, 3.8) is 0 Å². The molecule has 0 spiro atoms. The van der Waals surface area contributed by atoms with E-state index in [0.29, 0.717) is 55.4 Å². The van der Waals surface area contributed by atoms with Crippen LogP contribution < -0.4 is 24.3 Å². The number of nitrogens with zero attached hydrogens (tertiary/aromatic N) is 1. The Balaban J connectivity index is 1.47. The summed E-state index contributed by atoms with van der Waals surface area (Å²) in [5, 5.41) is 2.99. The number of carbonyl (C=O) groups excluding carboxylic acids is 2. The third-order valence-corrected chi connectivity index (χ3v) is 5.29. The number of methoxy groups -OCH3 is 2. The number of likely N-dealkylation sites (tertiary alicyclic amines) is 1. The van der Waals surface area contributed by atoms with Crippen LogP contribution in [0.15, 0.2) is 42.5 Å². The van der Waals surface area contributed by atoms with E-state index in [1.165, 1.54) is 14.2 Å². The van der Waals surface area contributed by atoms with E-state index in [0.717, 1.165) is 5.75 Å². The molecule has 0 bridgehead atoms. The van der Waals surface area contributed by atoms with Gasteiger partial charge in [0.1, 0.15) is 28.6 Å². The molecule has 1 fully saturated rings. The predicted octanol–water partition coefficient (Wildman–Crippen LogP) is 2.90. The van der Waals surface area contributed by atoms with E-state index in [9.17, 15) is 9.59 Å². The highest BCUT2D eigenvalue weighted by Crippen LogP contribution is 2.30. The molecule has 0 aromatic heterocycles. The molecule has 8 nitrogen and oxygen atoms in total. The van der Waals surface area contributed by atoms with Gasteiger partial charge in [-0.05, 0) is 56.2 Å². The Labute approximate surface area is 188 Å². The number of nitrogens with one attached hydrogen (secondary N) is 1. The lowest BCUT2D eigenvalue weighted by molar-refractivity contribution is -0.124. The Morgan fingerprint density at radius 1 is 0.938 bits per heavy atom. The van der Waals surface area contributed by atoms with Crippen LogP contribution in [0.25, 0.3) is 0 Å². The molecule has 1 aliphatic rings. The van der Waals surface area contributed by atoms with Gasteiger partial charge in [0, 0.05) is 19.1 Å². The standard InChI is InChI=1S/C24H30N2O6/c1-4-31-18-8-10-19(11-9-18)32-16-22(27)25-17-12-14-26(15-13-17)24(28)23-20(29-2)6-5-7-21(23)30-3/h5-11,17H,4,12-16H2,1-3H3,(H,25,27). The van der Waals surface area contributed by atoms with Gasteiger partial charge < -0.3 is 29.2 Å². The zero-order valence-corrected chi connectivity index (χ0v) is 18.8. The van der Waals surface area contributed by atoms with Gasteiger partial charge in [0.15, 0.2) is 6.61 Å². The maximum Gasteiger partial charge on any atom is 0.261 e. The average molecular weight is 443 g/mol. The molecule has 0 unspecified atom stereocenters. The molecule has 0 radical (unpaired) electrons. The molecule has 8 heteroatoms. The van der Waals surface area contributed by atoms with Crippen molar-refractivity contribution >= 4 is 11.8 Å². The summed E-state index contributed by atoms with van der Waals surface area (Å²) in [4.78, 5) is 27.1. The van der Waals surface area contributed by atoms with Gasteiger partial charge in [-0.1, -0.05) is 6.07 Å². The second-order valence-electron chi connectivity index (χ2n) is 7.36. The van der Waals surface area contributed by atoms with Gasteiger partial charge in [0.25, 0.3) is 11.8 Å². The van der Waals surface area contributed by atoms with Crippen molar-refractivity contribution in [2.75, 3.05) is 40.5 Å². The number of carbonyl (C=O) groups is 2. The highest BCUT2D eigenvalue weighted by atomic mass is 16.5. The van der Waals surface area contributed by atoms with E-state index in [1.807, 2.05) is 6.92 Å². The lowest BCUT2D eigenvalue weighted by atomic mass is 10.0. The third-order valence-electron chi connectivity index (χ3n) is 5.29. The van der Waals surface area contributed by atoms with Crippen molar-refractivity contribution < 1.29 is 28.5 Å². The maximum absolute atomic E-state index is 13.1. The minimum atomic E-state index is -0.185. The van der Waals surface area contributed by atoms with Crippen molar-refractivity contribution in [2.24, 2.45) is 0 Å². The Bertz CT molecular complexity index is 885. The van der Waals surface area contributed by atoms with Crippen LogP contribution in [0.3, 0.4) is 0 Å². The van der Waals surface area contributed by atoms with Gasteiger partial charge in [-0.25, -0.2) is 0 Å². The summed E-state index contributed by atoms with van der Waals surface area (Å²) in [5.41, 5.74) is 0.420. The molecule has 1 aliphatic heterocycles. The number of ether oxygens (including phenoxy) is 4. The normalized spacial score (nSPS) is 13.9. The Kier molecular flexibility index (Phi) is 8.19. The fraction of sp³-hybridized carbons (Fsp3) is 0.417. The highest BCUT2D eigenvalue weighted by molar-refractivity contribution is 5.99. The fourth-order valence-corrected chi connectivity index (χ4v) is 3.66. The summed E-state index contributed by atoms with van der Waals surface area (Å²) in [6.07, 6.45) is 1.33. The zero-order valence-electron chi connectivity index (χ0n) is 18.8. The van der Waals surface area contributed by atoms with E-state index >= 15 is 0 Å². The number of piperidine rings is 1. The van der Waals surface area contributed by atoms with E-state index in [-0.39, 0.29) is 24.5 Å². The molecule has 2 aromatic rings. The molecular weight excluding hydrogens is 412 g/mol. The molecule has 0 aliphatic carbocycles. The van der Waals surface area contributed by atoms with Crippen LogP contribution in [-0.2, 0) is 4.79 Å². The number of hydrogen-bond donors (Lipinski definition) is 1. The summed E-state index contributed by atoms with van der Waals surface area (Å²) in [7, 11) is 3.06. The summed E-state index contributed by atoms with van der Waals surface area (Å²) in [5.74, 6) is 2.01. The van der Waals surface area contributed by atoms with Gasteiger partial charge in [-0.3, -0.25) is 9.59 Å². The second-order valence-corrected chi connectivity index (χ2v) is 7.36. The molecule has 1 N–H and O–H groups in total. The van der Waals surface area contributed by atoms with Crippen molar-refractivity contribution in [3.8, 4) is 23.0 Å². The monoisotopic (exact) mass is 442 g/mol. The van der Waals surface area contributed by atoms with Gasteiger partial charge in [0.2, 0.25) is 0 Å². The fourth-order valence-electron chi connectivity index (χ4n) is 3.66. The van der Waals surface area contributed by atoms with E-state index in [4.69, 9.17) is 18.9 Å². The lowest BCUT2D eigenvalue weighted by Gasteiger charge is -2.33. The first-order chi connectivity index (χ1) is 15.5. The van der Waals surface area contributed by atoms with Crippen LogP contribution in [0, 0.1) is 0 Å². The first-order valence-electron chi connectivity index (χ1n) is 10.7. The molecule has 172 valence electrons. The minimum Gasteiger partial charge on any atom is -0.496 e. The molecular formula is C24H30N2O6. The summed E-state index contributed by atoms with van der Waals surface area (Å²) >= 11 is 0. The Morgan fingerprint density at radius 2 is 1.50 bits per heavy atom. The second kappa shape index (κ2) is 11.3. The smallest absolute Gasteiger partial charge is 0.261 e. The van der Waals surface area contributed by atoms with Crippen molar-refractivity contribution in [3.05, 3.63) is 48.0 Å². The number of rotatable bonds is 9. The third kappa shape index (κ3) is 5.84. The quantitative estimate of drug-likeness (QED) is 0.643. The van der Waals surface area contributed by atoms with Crippen LogP contribution in [0.2, 0.25) is 0 Å². The summed E-state index contributed by atoms with van der Waals surface area (Å²) < 4.78 is 21.6. The first-order valence-corrected chi connectivity index (χ1v) is 10.7. The van der Waals surface area contributed by atoms with Crippen molar-refractivity contribution in [1.82, 2.24) is 10.2 Å². The Morgan fingerprint density at radius 3 is 2.03 bits per heavy atom. The average Bonchev–Trinajstić information content (AvgIpc) is 2.83. The first kappa shape index (κ1) is 23.2. The number of hydrogen-bond acceptors (Lipinski definition) is 6. The van der Waals surface area contributed by atoms with Gasteiger partial charge in [-0.2, -0.15) is 0 Å². The van der Waals surface area contributed by atoms with Crippen LogP contribution in [0.5, 0.6) is 23.0 Å². The van der Waals surface area contributed by atoms with Crippen LogP contribution in [0.1, 0.15) is 30.1 Å². The zero-order chi connectivity index (χ0) is 22.9. The molecule has 32 heavy (non-hydrogen) atoms. The van der Waals surface area contributed by atoms with Crippen molar-refractivity contribution in [2.45, 2.75) is 25.8 Å². The van der Waals surface area contributed by atoms with Crippen LogP contribution >= 0.6 is 0 Å². The highest BCUT2D eigenvalue weighted by Gasteiger charge is 2.28. The molecule has 3 rings (SSSR count). The maximum atomic E-state index is 13.1. The minimum absolute atomic E-state index is 0.00459. The molecule has 1 heterocycles.